The van der Waals surface area contributed by atoms with E-state index < -0.39 is 11.9 Å². The molecule has 1 atom stereocenters. The van der Waals surface area contributed by atoms with Crippen molar-refractivity contribution in [1.29, 1.82) is 0 Å². The molecule has 8 nitrogen and oxygen atoms in total. The number of hydrogen-bond acceptors (Lipinski definition) is 6. The highest BCUT2D eigenvalue weighted by Gasteiger charge is 2.21. The fourth-order valence-electron chi connectivity index (χ4n) is 3.58. The predicted molar refractivity (Wildman–Crippen MR) is 120 cm³/mol. The molecule has 0 bridgehead atoms. The van der Waals surface area contributed by atoms with Gasteiger partial charge in [-0.2, -0.15) is 0 Å². The number of likely N-dealkylation sites (tertiary alicyclic amines) is 1. The summed E-state index contributed by atoms with van der Waals surface area (Å²) in [6.45, 7) is 3.67. The smallest absolute Gasteiger partial charge is 0.340 e. The van der Waals surface area contributed by atoms with Crippen LogP contribution >= 0.6 is 0 Å². The van der Waals surface area contributed by atoms with E-state index in [-0.39, 0.29) is 23.0 Å². The van der Waals surface area contributed by atoms with Gasteiger partial charge in [-0.15, -0.1) is 0 Å². The Morgan fingerprint density at radius 2 is 1.84 bits per heavy atom. The lowest BCUT2D eigenvalue weighted by atomic mass is 10.1. The summed E-state index contributed by atoms with van der Waals surface area (Å²) >= 11 is 0. The molecule has 0 saturated carbocycles. The van der Waals surface area contributed by atoms with Gasteiger partial charge in [-0.25, -0.2) is 9.79 Å². The Morgan fingerprint density at radius 3 is 2.52 bits per heavy atom. The van der Waals surface area contributed by atoms with Gasteiger partial charge < -0.3 is 25.8 Å². The van der Waals surface area contributed by atoms with Gasteiger partial charge in [0.15, 0.2) is 0 Å². The molecule has 0 radical (unpaired) electrons. The molecule has 0 spiro atoms. The lowest BCUT2D eigenvalue weighted by Crippen LogP contribution is -2.44. The van der Waals surface area contributed by atoms with Gasteiger partial charge in [-0.05, 0) is 56.5 Å². The number of nitrogens with one attached hydrogen (secondary N) is 1. The Morgan fingerprint density at radius 1 is 1.13 bits per heavy atom. The zero-order valence-electron chi connectivity index (χ0n) is 17.8. The number of carbonyl (C=O) groups is 2. The van der Waals surface area contributed by atoms with Crippen molar-refractivity contribution in [3.8, 4) is 5.75 Å². The third kappa shape index (κ3) is 5.40. The molecule has 4 N–H and O–H groups in total. The van der Waals surface area contributed by atoms with Gasteiger partial charge in [0.25, 0.3) is 5.91 Å². The number of benzene rings is 2. The molecule has 2 aromatic rings. The topological polar surface area (TPSA) is 117 Å². The maximum atomic E-state index is 13.1. The van der Waals surface area contributed by atoms with E-state index in [1.165, 1.54) is 31.7 Å². The number of esters is 1. The van der Waals surface area contributed by atoms with E-state index in [2.05, 4.69) is 10.2 Å². The van der Waals surface area contributed by atoms with Gasteiger partial charge in [0.05, 0.1) is 35.7 Å². The monoisotopic (exact) mass is 424 g/mol. The summed E-state index contributed by atoms with van der Waals surface area (Å²) in [5.41, 5.74) is 7.33. The second-order valence-corrected chi connectivity index (χ2v) is 7.50. The number of rotatable bonds is 5. The van der Waals surface area contributed by atoms with Crippen LogP contribution in [0.5, 0.6) is 5.75 Å². The Hall–Kier alpha value is -3.39. The third-order valence-corrected chi connectivity index (χ3v) is 5.13. The van der Waals surface area contributed by atoms with Gasteiger partial charge in [0.1, 0.15) is 11.6 Å². The Kier molecular flexibility index (Phi) is 7.25. The molecule has 31 heavy (non-hydrogen) atoms. The maximum Gasteiger partial charge on any atom is 0.340 e. The molecule has 164 valence electrons. The summed E-state index contributed by atoms with van der Waals surface area (Å²) in [6.07, 6.45) is 3.37. The first kappa shape index (κ1) is 22.3. The number of phenols is 1. The normalized spacial score (nSPS) is 15.3. The average Bonchev–Trinajstić information content (AvgIpc) is 2.78. The first-order valence-corrected chi connectivity index (χ1v) is 10.3. The molecule has 8 heteroatoms. The number of nitrogens with two attached hydrogens (primary N) is 1. The zero-order chi connectivity index (χ0) is 22.4. The number of amides is 1. The highest BCUT2D eigenvalue weighted by Crippen LogP contribution is 2.26. The van der Waals surface area contributed by atoms with Crippen molar-refractivity contribution in [3.05, 3.63) is 53.6 Å². The lowest BCUT2D eigenvalue weighted by molar-refractivity contribution is 0.0601. The van der Waals surface area contributed by atoms with Crippen molar-refractivity contribution < 1.29 is 19.4 Å². The van der Waals surface area contributed by atoms with Crippen LogP contribution in [0, 0.1) is 0 Å². The minimum absolute atomic E-state index is 0.0569. The fraction of sp³-hybridized carbons (Fsp3) is 0.348. The lowest BCUT2D eigenvalue weighted by Gasteiger charge is -2.31. The van der Waals surface area contributed by atoms with E-state index >= 15 is 0 Å². The van der Waals surface area contributed by atoms with Crippen LogP contribution in [0.1, 0.15) is 46.9 Å². The molecular formula is C23H28N4O4. The van der Waals surface area contributed by atoms with Crippen LogP contribution in [0.15, 0.2) is 47.5 Å². The summed E-state index contributed by atoms with van der Waals surface area (Å²) in [6, 6.07) is 10.8. The second kappa shape index (κ2) is 10.1. The van der Waals surface area contributed by atoms with Gasteiger partial charge in [-0.3, -0.25) is 4.79 Å². The Balaban J connectivity index is 1.93. The van der Waals surface area contributed by atoms with Gasteiger partial charge in [0, 0.05) is 13.1 Å². The van der Waals surface area contributed by atoms with Gasteiger partial charge >= 0.3 is 5.97 Å². The first-order chi connectivity index (χ1) is 14.9. The Bertz CT molecular complexity index is 981. The summed E-state index contributed by atoms with van der Waals surface area (Å²) < 4.78 is 4.75. The van der Waals surface area contributed by atoms with Crippen molar-refractivity contribution in [2.24, 2.45) is 10.7 Å². The number of para-hydroxylation sites is 1. The summed E-state index contributed by atoms with van der Waals surface area (Å²) in [5, 5.41) is 12.4. The standard InChI is InChI=1S/C23H28N4O4/c1-15(24)21(27-12-6-3-7-13-27)25-19-9-5-4-8-17(19)22(29)26-20-11-10-16(28)14-18(20)23(30)31-2/h4-5,8-11,14-15,28H,3,6-7,12-13,24H2,1-2H3,(H,26,29)/t15-/m0/s1. The number of carbonyl (C=O) groups excluding carboxylic acids is 2. The number of piperidine rings is 1. The summed E-state index contributed by atoms with van der Waals surface area (Å²) in [4.78, 5) is 32.0. The molecule has 1 aliphatic rings. The summed E-state index contributed by atoms with van der Waals surface area (Å²) in [5.74, 6) is -0.453. The number of ether oxygens (including phenoxy) is 1. The number of aromatic hydroxyl groups is 1. The van der Waals surface area contributed by atoms with Crippen molar-refractivity contribution in [2.75, 3.05) is 25.5 Å². The molecule has 1 amide bonds. The van der Waals surface area contributed by atoms with E-state index in [4.69, 9.17) is 15.5 Å². The van der Waals surface area contributed by atoms with Crippen molar-refractivity contribution in [3.63, 3.8) is 0 Å². The first-order valence-electron chi connectivity index (χ1n) is 10.3. The van der Waals surface area contributed by atoms with E-state index in [0.717, 1.165) is 31.8 Å². The number of nitrogens with zero attached hydrogens (tertiary/aromatic N) is 2. The second-order valence-electron chi connectivity index (χ2n) is 7.50. The largest absolute Gasteiger partial charge is 0.508 e. The van der Waals surface area contributed by atoms with Crippen LogP contribution in [-0.2, 0) is 4.74 Å². The molecule has 1 heterocycles. The quantitative estimate of drug-likeness (QED) is 0.293. The molecule has 1 fully saturated rings. The molecule has 3 rings (SSSR count). The average molecular weight is 425 g/mol. The minimum atomic E-state index is -0.665. The van der Waals surface area contributed by atoms with Crippen molar-refractivity contribution in [1.82, 2.24) is 4.90 Å². The molecule has 0 aliphatic carbocycles. The molecule has 1 saturated heterocycles. The van der Waals surface area contributed by atoms with Crippen molar-refractivity contribution >= 4 is 29.1 Å². The van der Waals surface area contributed by atoms with E-state index in [9.17, 15) is 14.7 Å². The van der Waals surface area contributed by atoms with Crippen LogP contribution in [0.3, 0.4) is 0 Å². The van der Waals surface area contributed by atoms with E-state index in [1.54, 1.807) is 18.2 Å². The number of aliphatic imine (C=N–C) groups is 1. The Labute approximate surface area is 181 Å². The highest BCUT2D eigenvalue weighted by molar-refractivity contribution is 6.11. The van der Waals surface area contributed by atoms with Crippen LogP contribution < -0.4 is 11.1 Å². The van der Waals surface area contributed by atoms with Gasteiger partial charge in [0.2, 0.25) is 0 Å². The van der Waals surface area contributed by atoms with Crippen molar-refractivity contribution in [2.45, 2.75) is 32.2 Å². The highest BCUT2D eigenvalue weighted by atomic mass is 16.5. The van der Waals surface area contributed by atoms with E-state index in [0.29, 0.717) is 11.3 Å². The number of hydrogen-bond donors (Lipinski definition) is 3. The number of phenolic OH excluding ortho intramolecular Hbond substituents is 1. The van der Waals surface area contributed by atoms with Crippen LogP contribution in [-0.4, -0.2) is 54.0 Å². The van der Waals surface area contributed by atoms with E-state index in [1.807, 2.05) is 13.0 Å². The molecule has 1 aliphatic heterocycles. The minimum Gasteiger partial charge on any atom is -0.508 e. The molecule has 2 aromatic carbocycles. The van der Waals surface area contributed by atoms with Crippen LogP contribution in [0.2, 0.25) is 0 Å². The fourth-order valence-corrected chi connectivity index (χ4v) is 3.58. The number of anilines is 1. The maximum absolute atomic E-state index is 13.1. The predicted octanol–water partition coefficient (Wildman–Crippen LogP) is 3.29. The SMILES string of the molecule is COC(=O)c1cc(O)ccc1NC(=O)c1ccccc1N=C([C@H](C)N)N1CCCCC1. The third-order valence-electron chi connectivity index (χ3n) is 5.13. The zero-order valence-corrected chi connectivity index (χ0v) is 17.8. The number of methoxy groups -OCH3 is 1. The van der Waals surface area contributed by atoms with Gasteiger partial charge in [-0.1, -0.05) is 12.1 Å². The summed E-state index contributed by atoms with van der Waals surface area (Å²) in [7, 11) is 1.23. The molecule has 0 aromatic heterocycles. The molecule has 0 unspecified atom stereocenters. The number of amidine groups is 1. The van der Waals surface area contributed by atoms with Crippen LogP contribution in [0.4, 0.5) is 11.4 Å². The van der Waals surface area contributed by atoms with Crippen LogP contribution in [0.25, 0.3) is 0 Å². The molecular weight excluding hydrogens is 396 g/mol.